The summed E-state index contributed by atoms with van der Waals surface area (Å²) in [6.45, 7) is 1.14. The first-order chi connectivity index (χ1) is 6.64. The molecule has 1 aliphatic heterocycles. The third kappa shape index (κ3) is 2.86. The van der Waals surface area contributed by atoms with Crippen LogP contribution in [-0.2, 0) is 4.74 Å². The van der Waals surface area contributed by atoms with Gasteiger partial charge in [-0.3, -0.25) is 0 Å². The first-order valence-corrected chi connectivity index (χ1v) is 6.19. The summed E-state index contributed by atoms with van der Waals surface area (Å²) >= 11 is 0. The van der Waals surface area contributed by atoms with Crippen LogP contribution in [0.2, 0.25) is 0 Å². The zero-order chi connectivity index (χ0) is 11.9. The largest absolute Gasteiger partial charge is 0.384 e. The summed E-state index contributed by atoms with van der Waals surface area (Å²) in [5, 5.41) is 9.19. The molecule has 1 rings (SSSR count). The Balaban J connectivity index is 2.76. The topological polar surface area (TPSA) is 69.9 Å². The van der Waals surface area contributed by atoms with Gasteiger partial charge in [0.1, 0.15) is 25.7 Å². The second-order valence-corrected chi connectivity index (χ2v) is 5.36. The highest BCUT2D eigenvalue weighted by atomic mass is 31.2. The molecule has 3 N–H and O–H groups in total. The number of rotatable bonds is 2. The minimum absolute atomic E-state index is 0.884. The van der Waals surface area contributed by atoms with Gasteiger partial charge in [0.05, 0.1) is 0 Å². The molecule has 1 saturated heterocycles. The van der Waals surface area contributed by atoms with Crippen molar-refractivity contribution in [3.63, 3.8) is 0 Å². The van der Waals surface area contributed by atoms with Crippen LogP contribution in [0.15, 0.2) is 11.9 Å². The Morgan fingerprint density at radius 2 is 2.00 bits per heavy atom. The van der Waals surface area contributed by atoms with Crippen LogP contribution in [0.3, 0.4) is 0 Å². The Morgan fingerprint density at radius 1 is 1.47 bits per heavy atom. The van der Waals surface area contributed by atoms with E-state index >= 15 is 0 Å². The van der Waals surface area contributed by atoms with Crippen LogP contribution in [0.5, 0.6) is 0 Å². The molecule has 4 nitrogen and oxygen atoms in total. The van der Waals surface area contributed by atoms with Gasteiger partial charge in [0.15, 0.2) is 0 Å². The zero-order valence-corrected chi connectivity index (χ0v) is 8.94. The van der Waals surface area contributed by atoms with Gasteiger partial charge in [-0.1, -0.05) is 0 Å². The van der Waals surface area contributed by atoms with Crippen molar-refractivity contribution in [1.29, 1.82) is 0 Å². The summed E-state index contributed by atoms with van der Waals surface area (Å²) < 4.78 is 30.9. The maximum absolute atomic E-state index is 13.1. The number of halogens is 2. The Morgan fingerprint density at radius 3 is 2.33 bits per heavy atom. The second-order valence-electron chi connectivity index (χ2n) is 3.49. The van der Waals surface area contributed by atoms with Crippen molar-refractivity contribution in [3.8, 4) is 0 Å². The van der Waals surface area contributed by atoms with Gasteiger partial charge in [-0.25, -0.2) is 8.78 Å². The molecule has 88 valence electrons. The summed E-state index contributed by atoms with van der Waals surface area (Å²) in [6, 6.07) is 0. The van der Waals surface area contributed by atoms with Gasteiger partial charge in [0.2, 0.25) is 0 Å². The van der Waals surface area contributed by atoms with Crippen molar-refractivity contribution in [2.45, 2.75) is 31.2 Å². The molecule has 0 aromatic rings. The predicted molar refractivity (Wildman–Crippen MR) is 52.9 cm³/mol. The van der Waals surface area contributed by atoms with E-state index in [9.17, 15) is 13.9 Å². The van der Waals surface area contributed by atoms with Crippen molar-refractivity contribution < 1.29 is 28.4 Å². The molecule has 1 fully saturated rings. The van der Waals surface area contributed by atoms with Gasteiger partial charge in [-0.15, -0.1) is 0 Å². The van der Waals surface area contributed by atoms with Gasteiger partial charge in [-0.05, 0) is 25.1 Å². The molecule has 0 radical (unpaired) electrons. The molecule has 0 unspecified atom stereocenters. The standard InChI is InChI=1S/C8H13F2O4P/c1-5-8(9,10)7(11)6(14-5)3-4-15(2,12)13/h3-7,11-13H,2H2,1H3/b4-3+/t5-,6+,7-/m0/s1. The third-order valence-corrected chi connectivity index (χ3v) is 2.77. The zero-order valence-electron chi connectivity index (χ0n) is 8.05. The van der Waals surface area contributed by atoms with Crippen LogP contribution < -0.4 is 0 Å². The number of hydrogen-bond acceptors (Lipinski definition) is 4. The minimum atomic E-state index is -3.42. The van der Waals surface area contributed by atoms with Crippen molar-refractivity contribution in [2.75, 3.05) is 0 Å². The smallest absolute Gasteiger partial charge is 0.301 e. The van der Waals surface area contributed by atoms with Crippen LogP contribution in [-0.4, -0.2) is 45.4 Å². The lowest BCUT2D eigenvalue weighted by atomic mass is 10.1. The Kier molecular flexibility index (Phi) is 3.38. The first kappa shape index (κ1) is 12.8. The highest BCUT2D eigenvalue weighted by molar-refractivity contribution is 7.65. The number of aliphatic hydroxyl groups is 1. The fourth-order valence-corrected chi connectivity index (χ4v) is 1.68. The average molecular weight is 242 g/mol. The Bertz CT molecular complexity index is 312. The van der Waals surface area contributed by atoms with Crippen LogP contribution in [0.1, 0.15) is 6.92 Å². The van der Waals surface area contributed by atoms with Gasteiger partial charge in [0.25, 0.3) is 0 Å². The Labute approximate surface area is 85.9 Å². The molecular formula is C8H13F2O4P. The fraction of sp³-hybridized carbons (Fsp3) is 0.625. The minimum Gasteiger partial charge on any atom is -0.384 e. The molecule has 1 aliphatic rings. The highest BCUT2D eigenvalue weighted by Crippen LogP contribution is 2.39. The van der Waals surface area contributed by atoms with E-state index in [0.717, 1.165) is 18.8 Å². The second kappa shape index (κ2) is 3.96. The van der Waals surface area contributed by atoms with E-state index in [0.29, 0.717) is 0 Å². The van der Waals surface area contributed by atoms with Crippen molar-refractivity contribution in [3.05, 3.63) is 11.9 Å². The quantitative estimate of drug-likeness (QED) is 0.618. The molecule has 0 amide bonds. The van der Waals surface area contributed by atoms with Crippen LogP contribution in [0, 0.1) is 0 Å². The van der Waals surface area contributed by atoms with Gasteiger partial charge in [0, 0.05) is 0 Å². The molecule has 0 saturated carbocycles. The molecule has 0 aromatic carbocycles. The normalized spacial score (nSPS) is 36.3. The lowest BCUT2D eigenvalue weighted by Gasteiger charge is -2.15. The maximum atomic E-state index is 13.1. The summed E-state index contributed by atoms with van der Waals surface area (Å²) in [5.74, 6) is -2.45. The molecule has 15 heavy (non-hydrogen) atoms. The predicted octanol–water partition coefficient (Wildman–Crippen LogP) is 0.548. The van der Waals surface area contributed by atoms with Gasteiger partial charge >= 0.3 is 5.92 Å². The third-order valence-electron chi connectivity index (χ3n) is 2.12. The SMILES string of the molecule is C=P(O)(O)/C=C/[C@H]1O[C@@H](C)C(F)(F)[C@H]1O. The number of ether oxygens (including phenoxy) is 1. The number of alkyl halides is 2. The van der Waals surface area contributed by atoms with Crippen molar-refractivity contribution in [2.24, 2.45) is 0 Å². The summed E-state index contributed by atoms with van der Waals surface area (Å²) in [5.41, 5.74) is 0. The Hall–Kier alpha value is -0.260. The molecule has 0 aliphatic carbocycles. The van der Waals surface area contributed by atoms with E-state index in [1.807, 2.05) is 0 Å². The molecule has 1 heterocycles. The average Bonchev–Trinajstić information content (AvgIpc) is 2.25. The van der Waals surface area contributed by atoms with E-state index in [1.165, 1.54) is 0 Å². The first-order valence-electron chi connectivity index (χ1n) is 4.24. The van der Waals surface area contributed by atoms with Gasteiger partial charge < -0.3 is 19.6 Å². The maximum Gasteiger partial charge on any atom is 0.301 e. The van der Waals surface area contributed by atoms with E-state index in [4.69, 9.17) is 14.5 Å². The van der Waals surface area contributed by atoms with Crippen LogP contribution >= 0.6 is 7.34 Å². The lowest BCUT2D eigenvalue weighted by molar-refractivity contribution is -0.105. The molecular weight excluding hydrogens is 229 g/mol. The summed E-state index contributed by atoms with van der Waals surface area (Å²) in [4.78, 5) is 17.8. The van der Waals surface area contributed by atoms with E-state index in [-0.39, 0.29) is 0 Å². The van der Waals surface area contributed by atoms with Gasteiger partial charge in [-0.2, -0.15) is 0 Å². The van der Waals surface area contributed by atoms with Crippen molar-refractivity contribution >= 4 is 13.6 Å². The lowest BCUT2D eigenvalue weighted by Crippen LogP contribution is -2.38. The number of aliphatic hydroxyl groups excluding tert-OH is 1. The summed E-state index contributed by atoms with van der Waals surface area (Å²) in [7, 11) is -3.42. The highest BCUT2D eigenvalue weighted by Gasteiger charge is 2.55. The molecule has 0 aromatic heterocycles. The number of hydrogen-bond donors (Lipinski definition) is 3. The molecule has 0 spiro atoms. The van der Waals surface area contributed by atoms with E-state index in [2.05, 4.69) is 6.30 Å². The van der Waals surface area contributed by atoms with Crippen LogP contribution in [0.25, 0.3) is 0 Å². The molecule has 0 bridgehead atoms. The van der Waals surface area contributed by atoms with E-state index in [1.54, 1.807) is 0 Å². The molecule has 3 atom stereocenters. The van der Waals surface area contributed by atoms with E-state index < -0.39 is 31.6 Å². The van der Waals surface area contributed by atoms with Crippen LogP contribution in [0.4, 0.5) is 8.78 Å². The molecule has 7 heteroatoms. The monoisotopic (exact) mass is 242 g/mol. The van der Waals surface area contributed by atoms with Crippen molar-refractivity contribution in [1.82, 2.24) is 0 Å². The summed E-state index contributed by atoms with van der Waals surface area (Å²) in [6.07, 6.45) is -0.597. The fourth-order valence-electron chi connectivity index (χ4n) is 1.23.